The third-order valence-electron chi connectivity index (χ3n) is 10.3. The topological polar surface area (TPSA) is 82.8 Å². The number of aromatic nitrogens is 2. The molecule has 5 aliphatic rings. The molecule has 0 saturated carbocycles. The van der Waals surface area contributed by atoms with Gasteiger partial charge >= 0.3 is 0 Å². The molecule has 3 unspecified atom stereocenters. The monoisotopic (exact) mass is 598 g/mol. The van der Waals surface area contributed by atoms with E-state index in [-0.39, 0.29) is 46.4 Å². The number of amides is 1. The summed E-state index contributed by atoms with van der Waals surface area (Å²) >= 11 is 0. The molecule has 4 bridgehead atoms. The van der Waals surface area contributed by atoms with Crippen molar-refractivity contribution in [2.75, 3.05) is 50.6 Å². The van der Waals surface area contributed by atoms with Crippen molar-refractivity contribution in [2.45, 2.75) is 62.3 Å². The summed E-state index contributed by atoms with van der Waals surface area (Å²) in [6.07, 6.45) is 4.69. The summed E-state index contributed by atoms with van der Waals surface area (Å²) in [5.74, 6) is -4.68. The highest BCUT2D eigenvalue weighted by atomic mass is 19.2. The van der Waals surface area contributed by atoms with Crippen LogP contribution in [0.15, 0.2) is 12.1 Å². The number of H-pyrrole nitrogens is 1. The van der Waals surface area contributed by atoms with E-state index >= 15 is 8.78 Å². The Kier molecular flexibility index (Phi) is 6.02. The van der Waals surface area contributed by atoms with Crippen LogP contribution in [0.1, 0.15) is 37.7 Å². The molecule has 228 valence electrons. The number of hydrogen-bond acceptors (Lipinski definition) is 7. The molecule has 6 heterocycles. The molecule has 5 aliphatic heterocycles. The van der Waals surface area contributed by atoms with Crippen LogP contribution in [0.4, 0.5) is 28.9 Å². The highest BCUT2D eigenvalue weighted by molar-refractivity contribution is 6.06. The Hall–Kier alpha value is -3.42. The first-order chi connectivity index (χ1) is 20.6. The van der Waals surface area contributed by atoms with E-state index in [1.807, 2.05) is 17.1 Å². The normalized spacial score (nSPS) is 29.0. The summed E-state index contributed by atoms with van der Waals surface area (Å²) in [7, 11) is 4.18. The minimum atomic E-state index is -1.39. The van der Waals surface area contributed by atoms with E-state index in [4.69, 9.17) is 0 Å². The zero-order valence-electron chi connectivity index (χ0n) is 24.1. The van der Waals surface area contributed by atoms with Crippen molar-refractivity contribution in [2.24, 2.45) is 0 Å². The van der Waals surface area contributed by atoms with Crippen LogP contribution in [0.3, 0.4) is 0 Å². The number of hydrazine groups is 1. The number of hydrogen-bond donors (Lipinski definition) is 3. The van der Waals surface area contributed by atoms with E-state index in [1.54, 1.807) is 0 Å². The predicted molar refractivity (Wildman–Crippen MR) is 153 cm³/mol. The Morgan fingerprint density at radius 2 is 1.74 bits per heavy atom. The second-order valence-corrected chi connectivity index (χ2v) is 12.9. The van der Waals surface area contributed by atoms with Crippen LogP contribution in [0.25, 0.3) is 22.4 Å². The lowest BCUT2D eigenvalue weighted by atomic mass is 9.92. The average Bonchev–Trinajstić information content (AvgIpc) is 3.65. The van der Waals surface area contributed by atoms with Gasteiger partial charge in [0, 0.05) is 61.9 Å². The molecular weight excluding hydrogens is 564 g/mol. The number of likely N-dealkylation sites (N-methyl/N-ethyl adjacent to an activating group) is 1. The van der Waals surface area contributed by atoms with Gasteiger partial charge in [0.25, 0.3) is 5.91 Å². The summed E-state index contributed by atoms with van der Waals surface area (Å²) in [5.41, 5.74) is -0.557. The molecule has 3 fully saturated rings. The second-order valence-electron chi connectivity index (χ2n) is 12.9. The number of imidazole rings is 1. The van der Waals surface area contributed by atoms with Crippen LogP contribution in [0, 0.1) is 23.3 Å². The van der Waals surface area contributed by atoms with Gasteiger partial charge in [-0.15, -0.1) is 0 Å². The smallest absolute Gasteiger partial charge is 0.268 e. The van der Waals surface area contributed by atoms with Crippen LogP contribution in [0.2, 0.25) is 0 Å². The largest absolute Gasteiger partial charge is 0.352 e. The van der Waals surface area contributed by atoms with Crippen molar-refractivity contribution >= 4 is 28.3 Å². The first kappa shape index (κ1) is 27.2. The number of nitrogens with zero attached hydrogens (tertiary/aromatic N) is 5. The summed E-state index contributed by atoms with van der Waals surface area (Å²) < 4.78 is 59.9. The molecule has 3 saturated heterocycles. The standard InChI is InChI=1S/C30H34F4N8O/c1-39-6-3-7-41(9-8-39)42-27-23(28-36-21-12-19(31)20(32)13-22(21)37-28)25(34)24(33)18-14-30(42,38-26(18)27)29(43)35-15-10-16-4-5-17(11-15)40(16)2/h12-13,15-17,38H,3-11,14H2,1-2H3,(H,35,43)(H,36,37). The molecule has 2 aromatic carbocycles. The van der Waals surface area contributed by atoms with Gasteiger partial charge in [-0.3, -0.25) is 9.80 Å². The van der Waals surface area contributed by atoms with Crippen molar-refractivity contribution in [1.29, 1.82) is 0 Å². The van der Waals surface area contributed by atoms with E-state index in [9.17, 15) is 13.6 Å². The van der Waals surface area contributed by atoms with Gasteiger partial charge < -0.3 is 25.4 Å². The summed E-state index contributed by atoms with van der Waals surface area (Å²) in [4.78, 5) is 26.3. The number of piperidine rings is 1. The number of carbonyl (C=O) groups is 1. The van der Waals surface area contributed by atoms with Gasteiger partial charge in [-0.2, -0.15) is 0 Å². The summed E-state index contributed by atoms with van der Waals surface area (Å²) in [5, 5.41) is 10.5. The number of benzene rings is 2. The van der Waals surface area contributed by atoms with Gasteiger partial charge in [-0.25, -0.2) is 27.6 Å². The summed E-state index contributed by atoms with van der Waals surface area (Å²) in [6, 6.07) is 2.69. The number of carbonyl (C=O) groups excluding carboxylic acids is 1. The molecule has 0 radical (unpaired) electrons. The van der Waals surface area contributed by atoms with Crippen molar-refractivity contribution in [3.8, 4) is 11.4 Å². The molecule has 1 amide bonds. The molecule has 1 aromatic heterocycles. The quantitative estimate of drug-likeness (QED) is 0.397. The maximum absolute atomic E-state index is 16.1. The van der Waals surface area contributed by atoms with Gasteiger partial charge in [-0.1, -0.05) is 0 Å². The Labute approximate surface area is 246 Å². The molecule has 43 heavy (non-hydrogen) atoms. The highest BCUT2D eigenvalue weighted by Gasteiger charge is 2.60. The number of rotatable bonds is 4. The Morgan fingerprint density at radius 1 is 1.00 bits per heavy atom. The molecule has 0 spiro atoms. The van der Waals surface area contributed by atoms with Crippen molar-refractivity contribution in [3.63, 3.8) is 0 Å². The fraction of sp³-hybridized carbons (Fsp3) is 0.533. The van der Waals surface area contributed by atoms with Gasteiger partial charge in [-0.05, 0) is 52.7 Å². The predicted octanol–water partition coefficient (Wildman–Crippen LogP) is 3.56. The number of nitrogens with one attached hydrogen (secondary N) is 3. The average molecular weight is 599 g/mol. The van der Waals surface area contributed by atoms with Crippen molar-refractivity contribution in [3.05, 3.63) is 41.0 Å². The molecule has 9 nitrogen and oxygen atoms in total. The Balaban J connectivity index is 1.24. The first-order valence-electron chi connectivity index (χ1n) is 15.1. The molecule has 3 atom stereocenters. The molecule has 0 aliphatic carbocycles. The molecular formula is C30H34F4N8O. The van der Waals surface area contributed by atoms with Crippen LogP contribution in [-0.4, -0.2) is 94.7 Å². The third-order valence-corrected chi connectivity index (χ3v) is 10.3. The van der Waals surface area contributed by atoms with E-state index in [2.05, 4.69) is 37.4 Å². The van der Waals surface area contributed by atoms with Crippen LogP contribution >= 0.6 is 0 Å². The van der Waals surface area contributed by atoms with Crippen LogP contribution in [0.5, 0.6) is 0 Å². The number of halogens is 4. The van der Waals surface area contributed by atoms with E-state index in [0.29, 0.717) is 36.5 Å². The van der Waals surface area contributed by atoms with Gasteiger partial charge in [0.05, 0.1) is 28.0 Å². The van der Waals surface area contributed by atoms with Crippen molar-refractivity contribution in [1.82, 2.24) is 30.1 Å². The fourth-order valence-electron chi connectivity index (χ4n) is 8.08. The SMILES string of the molecule is CN1CCCN(N2c3c4c(c(F)c(F)c3-c3nc5cc(F)c(F)cc5[nH]3)CC2(C(=O)NC2CC3CCC(C2)N3C)N4)CC1. The maximum atomic E-state index is 16.1. The molecule has 8 rings (SSSR count). The molecule has 3 N–H and O–H groups in total. The van der Waals surface area contributed by atoms with E-state index in [0.717, 1.165) is 57.3 Å². The minimum Gasteiger partial charge on any atom is -0.352 e. The molecule has 3 aromatic rings. The number of anilines is 2. The lowest BCUT2D eigenvalue weighted by Crippen LogP contribution is -2.68. The Bertz CT molecular complexity index is 1610. The molecule has 13 heteroatoms. The highest BCUT2D eigenvalue weighted by Crippen LogP contribution is 2.57. The van der Waals surface area contributed by atoms with Crippen LogP contribution in [-0.2, 0) is 11.2 Å². The third kappa shape index (κ3) is 3.93. The fourth-order valence-corrected chi connectivity index (χ4v) is 8.08. The summed E-state index contributed by atoms with van der Waals surface area (Å²) in [6.45, 7) is 2.74. The van der Waals surface area contributed by atoms with E-state index in [1.165, 1.54) is 0 Å². The maximum Gasteiger partial charge on any atom is 0.268 e. The number of aromatic amines is 1. The Morgan fingerprint density at radius 3 is 2.51 bits per heavy atom. The van der Waals surface area contributed by atoms with Gasteiger partial charge in [0.1, 0.15) is 5.82 Å². The van der Waals surface area contributed by atoms with Gasteiger partial charge in [0.15, 0.2) is 23.3 Å². The lowest BCUT2D eigenvalue weighted by Gasteiger charge is -2.46. The number of fused-ring (bicyclic) bond motifs is 4. The zero-order chi connectivity index (χ0) is 29.8. The van der Waals surface area contributed by atoms with Gasteiger partial charge in [0.2, 0.25) is 5.66 Å². The first-order valence-corrected chi connectivity index (χ1v) is 15.1. The second kappa shape index (κ2) is 9.54. The zero-order valence-corrected chi connectivity index (χ0v) is 24.1. The minimum absolute atomic E-state index is 0.0188. The van der Waals surface area contributed by atoms with E-state index < -0.39 is 28.9 Å². The van der Waals surface area contributed by atoms with Crippen molar-refractivity contribution < 1.29 is 22.4 Å². The van der Waals surface area contributed by atoms with Crippen LogP contribution < -0.4 is 15.6 Å². The lowest BCUT2D eigenvalue weighted by molar-refractivity contribution is -0.127.